The average molecular weight is 218 g/mol. The highest BCUT2D eigenvalue weighted by molar-refractivity contribution is 7.81. The zero-order chi connectivity index (χ0) is 10.9. The summed E-state index contributed by atoms with van der Waals surface area (Å²) < 4.78 is 30.6. The van der Waals surface area contributed by atoms with E-state index in [2.05, 4.69) is 17.4 Å². The van der Waals surface area contributed by atoms with Crippen molar-refractivity contribution < 1.29 is 13.5 Å². The average Bonchev–Trinajstić information content (AvgIpc) is 2.06. The van der Waals surface area contributed by atoms with Gasteiger partial charge in [0.15, 0.2) is 11.6 Å². The molecular weight excluding hydrogens is 206 g/mol. The maximum Gasteiger partial charge on any atom is 0.165 e. The third kappa shape index (κ3) is 2.18. The van der Waals surface area contributed by atoms with E-state index >= 15 is 0 Å². The summed E-state index contributed by atoms with van der Waals surface area (Å²) in [6.07, 6.45) is 0. The predicted molar refractivity (Wildman–Crippen MR) is 54.9 cm³/mol. The van der Waals surface area contributed by atoms with Gasteiger partial charge in [-0.15, -0.1) is 0 Å². The molecule has 1 nitrogen and oxygen atoms in total. The second kappa shape index (κ2) is 3.77. The van der Waals surface area contributed by atoms with Crippen LogP contribution in [0.1, 0.15) is 19.4 Å². The highest BCUT2D eigenvalue weighted by Gasteiger charge is 2.22. The first-order valence-corrected chi connectivity index (χ1v) is 4.57. The zero-order valence-electron chi connectivity index (χ0n) is 8.27. The van der Waals surface area contributed by atoms with Gasteiger partial charge >= 0.3 is 0 Å². The molecule has 0 saturated heterocycles. The molecule has 1 aromatic rings. The summed E-state index contributed by atoms with van der Waals surface area (Å²) in [4.78, 5) is 0. The van der Waals surface area contributed by atoms with Crippen LogP contribution in [-0.4, -0.2) is 7.11 Å². The maximum atomic E-state index is 13.4. The van der Waals surface area contributed by atoms with Crippen LogP contribution in [0.4, 0.5) is 8.78 Å². The first kappa shape index (κ1) is 11.3. The normalized spacial score (nSPS) is 11.6. The van der Waals surface area contributed by atoms with E-state index in [9.17, 15) is 8.78 Å². The highest BCUT2D eigenvalue weighted by Crippen LogP contribution is 2.32. The molecule has 0 atom stereocenters. The van der Waals surface area contributed by atoms with Crippen LogP contribution in [0.3, 0.4) is 0 Å². The minimum absolute atomic E-state index is 0.0937. The SMILES string of the molecule is COc1cc(F)c(C(C)(C)S)cc1F. The Balaban J connectivity index is 3.29. The molecule has 0 aromatic heterocycles. The van der Waals surface area contributed by atoms with Gasteiger partial charge in [-0.3, -0.25) is 0 Å². The molecule has 78 valence electrons. The Hall–Kier alpha value is -0.770. The van der Waals surface area contributed by atoms with Crippen LogP contribution in [0, 0.1) is 11.6 Å². The second-order valence-corrected chi connectivity index (χ2v) is 4.64. The lowest BCUT2D eigenvalue weighted by molar-refractivity contribution is 0.381. The number of hydrogen-bond donors (Lipinski definition) is 1. The standard InChI is InChI=1S/C10H12F2OS/c1-10(2,14)6-4-8(12)9(13-3)5-7(6)11/h4-5,14H,1-3H3. The lowest BCUT2D eigenvalue weighted by Gasteiger charge is -2.19. The van der Waals surface area contributed by atoms with Gasteiger partial charge in [0.2, 0.25) is 0 Å². The molecule has 0 aliphatic rings. The predicted octanol–water partition coefficient (Wildman–Crippen LogP) is 3.14. The maximum absolute atomic E-state index is 13.4. The van der Waals surface area contributed by atoms with E-state index in [1.807, 2.05) is 0 Å². The largest absolute Gasteiger partial charge is 0.494 e. The van der Waals surface area contributed by atoms with Crippen molar-refractivity contribution >= 4 is 12.6 Å². The number of hydrogen-bond acceptors (Lipinski definition) is 2. The second-order valence-electron chi connectivity index (χ2n) is 3.53. The van der Waals surface area contributed by atoms with E-state index in [4.69, 9.17) is 0 Å². The molecule has 0 aliphatic carbocycles. The van der Waals surface area contributed by atoms with E-state index in [1.54, 1.807) is 13.8 Å². The van der Waals surface area contributed by atoms with E-state index in [-0.39, 0.29) is 11.3 Å². The molecular formula is C10H12F2OS. The van der Waals surface area contributed by atoms with Crippen LogP contribution in [0.25, 0.3) is 0 Å². The fourth-order valence-corrected chi connectivity index (χ4v) is 1.33. The van der Waals surface area contributed by atoms with Gasteiger partial charge in [-0.2, -0.15) is 12.6 Å². The van der Waals surface area contributed by atoms with E-state index in [0.29, 0.717) is 0 Å². The van der Waals surface area contributed by atoms with Crippen LogP contribution in [-0.2, 0) is 4.75 Å². The van der Waals surface area contributed by atoms with Crippen molar-refractivity contribution in [3.63, 3.8) is 0 Å². The number of methoxy groups -OCH3 is 1. The number of thiol groups is 1. The van der Waals surface area contributed by atoms with Crippen molar-refractivity contribution in [3.8, 4) is 5.75 Å². The Labute approximate surface area is 87.5 Å². The van der Waals surface area contributed by atoms with Crippen LogP contribution in [0.15, 0.2) is 12.1 Å². The summed E-state index contributed by atoms with van der Waals surface area (Å²) in [6.45, 7) is 3.39. The van der Waals surface area contributed by atoms with E-state index in [0.717, 1.165) is 12.1 Å². The number of ether oxygens (including phenoxy) is 1. The number of halogens is 2. The molecule has 0 heterocycles. The zero-order valence-corrected chi connectivity index (χ0v) is 9.16. The monoisotopic (exact) mass is 218 g/mol. The molecule has 0 fully saturated rings. The fraction of sp³-hybridized carbons (Fsp3) is 0.400. The Kier molecular flexibility index (Phi) is 3.04. The Bertz CT molecular complexity index is 345. The van der Waals surface area contributed by atoms with Gasteiger partial charge < -0.3 is 4.74 Å². The quantitative estimate of drug-likeness (QED) is 0.750. The van der Waals surface area contributed by atoms with Crippen molar-refractivity contribution in [1.29, 1.82) is 0 Å². The van der Waals surface area contributed by atoms with Crippen LogP contribution >= 0.6 is 12.6 Å². The lowest BCUT2D eigenvalue weighted by Crippen LogP contribution is -2.11. The van der Waals surface area contributed by atoms with Gasteiger partial charge in [-0.1, -0.05) is 0 Å². The number of benzene rings is 1. The van der Waals surface area contributed by atoms with E-state index < -0.39 is 16.4 Å². The van der Waals surface area contributed by atoms with Crippen molar-refractivity contribution in [2.75, 3.05) is 7.11 Å². The van der Waals surface area contributed by atoms with Crippen molar-refractivity contribution in [2.24, 2.45) is 0 Å². The summed E-state index contributed by atoms with van der Waals surface area (Å²) in [5.41, 5.74) is 0.221. The number of rotatable bonds is 2. The summed E-state index contributed by atoms with van der Waals surface area (Å²) >= 11 is 4.18. The van der Waals surface area contributed by atoms with Gasteiger partial charge in [-0.25, -0.2) is 8.78 Å². The summed E-state index contributed by atoms with van der Waals surface area (Å²) in [5.74, 6) is -1.18. The summed E-state index contributed by atoms with van der Waals surface area (Å²) in [5, 5.41) is 0. The molecule has 0 unspecified atom stereocenters. The molecule has 0 N–H and O–H groups in total. The minimum atomic E-state index is -0.711. The molecule has 4 heteroatoms. The van der Waals surface area contributed by atoms with Crippen molar-refractivity contribution in [2.45, 2.75) is 18.6 Å². The fourth-order valence-electron chi connectivity index (χ4n) is 1.15. The first-order valence-electron chi connectivity index (χ1n) is 4.12. The molecule has 0 aliphatic heterocycles. The van der Waals surface area contributed by atoms with Gasteiger partial charge in [0.25, 0.3) is 0 Å². The van der Waals surface area contributed by atoms with Crippen LogP contribution in [0.2, 0.25) is 0 Å². The molecule has 0 spiro atoms. The van der Waals surface area contributed by atoms with Crippen LogP contribution < -0.4 is 4.74 Å². The molecule has 0 radical (unpaired) electrons. The minimum Gasteiger partial charge on any atom is -0.494 e. The molecule has 1 rings (SSSR count). The lowest BCUT2D eigenvalue weighted by atomic mass is 10.0. The third-order valence-electron chi connectivity index (χ3n) is 1.90. The molecule has 0 saturated carbocycles. The van der Waals surface area contributed by atoms with Gasteiger partial charge in [0.1, 0.15) is 5.82 Å². The topological polar surface area (TPSA) is 9.23 Å². The van der Waals surface area contributed by atoms with Crippen LogP contribution in [0.5, 0.6) is 5.75 Å². The Morgan fingerprint density at radius 3 is 2.21 bits per heavy atom. The molecule has 0 bridgehead atoms. The highest BCUT2D eigenvalue weighted by atomic mass is 32.1. The molecule has 1 aromatic carbocycles. The Morgan fingerprint density at radius 1 is 1.21 bits per heavy atom. The van der Waals surface area contributed by atoms with Gasteiger partial charge in [0.05, 0.1) is 7.11 Å². The first-order chi connectivity index (χ1) is 6.36. The smallest absolute Gasteiger partial charge is 0.165 e. The molecule has 0 amide bonds. The van der Waals surface area contributed by atoms with Crippen molar-refractivity contribution in [3.05, 3.63) is 29.3 Å². The van der Waals surface area contributed by atoms with Crippen molar-refractivity contribution in [1.82, 2.24) is 0 Å². The van der Waals surface area contributed by atoms with Gasteiger partial charge in [-0.05, 0) is 19.9 Å². The van der Waals surface area contributed by atoms with E-state index in [1.165, 1.54) is 7.11 Å². The third-order valence-corrected chi connectivity index (χ3v) is 2.14. The molecule has 14 heavy (non-hydrogen) atoms. The summed E-state index contributed by atoms with van der Waals surface area (Å²) in [6, 6.07) is 2.14. The summed E-state index contributed by atoms with van der Waals surface area (Å²) in [7, 11) is 1.30. The van der Waals surface area contributed by atoms with Gasteiger partial charge in [0, 0.05) is 16.4 Å². The Morgan fingerprint density at radius 2 is 1.79 bits per heavy atom.